The molecule has 0 atom stereocenters. The predicted octanol–water partition coefficient (Wildman–Crippen LogP) is 6.22. The van der Waals surface area contributed by atoms with Crippen molar-refractivity contribution in [2.24, 2.45) is 0 Å². The first-order valence-corrected chi connectivity index (χ1v) is 8.33. The van der Waals surface area contributed by atoms with Crippen molar-refractivity contribution in [1.82, 2.24) is 5.32 Å². The molecule has 2 aromatic rings. The van der Waals surface area contributed by atoms with Gasteiger partial charge in [-0.3, -0.25) is 0 Å². The topological polar surface area (TPSA) is 25.2 Å². The Labute approximate surface area is 148 Å². The highest BCUT2D eigenvalue weighted by Crippen LogP contribution is 2.26. The van der Waals surface area contributed by atoms with Gasteiger partial charge >= 0.3 is 0 Å². The third-order valence-corrected chi connectivity index (χ3v) is 3.91. The van der Waals surface area contributed by atoms with Crippen molar-refractivity contribution in [3.8, 4) is 11.3 Å². The first-order valence-electron chi connectivity index (χ1n) is 7.95. The Hall–Kier alpha value is -1.03. The average Bonchev–Trinajstić information content (AvgIpc) is 2.98. The van der Waals surface area contributed by atoms with Crippen LogP contribution in [-0.4, -0.2) is 6.54 Å². The third kappa shape index (κ3) is 6.54. The van der Waals surface area contributed by atoms with Crippen molar-refractivity contribution in [2.75, 3.05) is 6.54 Å². The molecule has 23 heavy (non-hydrogen) atoms. The van der Waals surface area contributed by atoms with Gasteiger partial charge in [0.1, 0.15) is 17.3 Å². The van der Waals surface area contributed by atoms with Crippen molar-refractivity contribution in [3.63, 3.8) is 0 Å². The Morgan fingerprint density at radius 2 is 1.87 bits per heavy atom. The van der Waals surface area contributed by atoms with E-state index in [0.29, 0.717) is 12.3 Å². The summed E-state index contributed by atoms with van der Waals surface area (Å²) in [6.45, 7) is 3.94. The van der Waals surface area contributed by atoms with Gasteiger partial charge in [-0.15, -0.1) is 12.4 Å². The normalized spacial score (nSPS) is 10.6. The molecule has 128 valence electrons. The lowest BCUT2D eigenvalue weighted by molar-refractivity contribution is 0.486. The van der Waals surface area contributed by atoms with Crippen LogP contribution in [0.15, 0.2) is 34.7 Å². The SMILES string of the molecule is CCCCCCCNCc1ccc(-c2ccc(F)c(Cl)c2)o1.Cl. The monoisotopic (exact) mass is 359 g/mol. The van der Waals surface area contributed by atoms with Crippen LogP contribution in [0.4, 0.5) is 4.39 Å². The summed E-state index contributed by atoms with van der Waals surface area (Å²) in [6, 6.07) is 8.44. The van der Waals surface area contributed by atoms with Crippen LogP contribution < -0.4 is 5.32 Å². The van der Waals surface area contributed by atoms with Gasteiger partial charge in [-0.2, -0.15) is 0 Å². The largest absolute Gasteiger partial charge is 0.460 e. The zero-order valence-corrected chi connectivity index (χ0v) is 15.0. The van der Waals surface area contributed by atoms with E-state index >= 15 is 0 Å². The molecule has 1 aromatic heterocycles. The van der Waals surface area contributed by atoms with Gasteiger partial charge in [-0.05, 0) is 43.3 Å². The molecule has 5 heteroatoms. The summed E-state index contributed by atoms with van der Waals surface area (Å²) < 4.78 is 18.9. The lowest BCUT2D eigenvalue weighted by Gasteiger charge is -2.03. The molecule has 1 N–H and O–H groups in total. The zero-order chi connectivity index (χ0) is 15.8. The maximum absolute atomic E-state index is 13.2. The van der Waals surface area contributed by atoms with Gasteiger partial charge in [-0.25, -0.2) is 4.39 Å². The van der Waals surface area contributed by atoms with Crippen LogP contribution in [0.1, 0.15) is 44.8 Å². The molecule has 0 fully saturated rings. The minimum absolute atomic E-state index is 0. The Kier molecular flexibility index (Phi) is 9.30. The van der Waals surface area contributed by atoms with Crippen molar-refractivity contribution in [1.29, 1.82) is 0 Å². The number of hydrogen-bond donors (Lipinski definition) is 1. The van der Waals surface area contributed by atoms with Crippen molar-refractivity contribution in [3.05, 3.63) is 46.9 Å². The Morgan fingerprint density at radius 1 is 1.09 bits per heavy atom. The molecule has 0 saturated heterocycles. The molecule has 0 radical (unpaired) electrons. The van der Waals surface area contributed by atoms with E-state index in [4.69, 9.17) is 16.0 Å². The molecule has 0 unspecified atom stereocenters. The molecule has 0 aliphatic heterocycles. The number of hydrogen-bond acceptors (Lipinski definition) is 2. The Morgan fingerprint density at radius 3 is 2.61 bits per heavy atom. The van der Waals surface area contributed by atoms with E-state index in [1.165, 1.54) is 38.2 Å². The van der Waals surface area contributed by atoms with E-state index in [1.54, 1.807) is 12.1 Å². The maximum Gasteiger partial charge on any atom is 0.141 e. The Balaban J connectivity index is 0.00000264. The molecule has 0 bridgehead atoms. The summed E-state index contributed by atoms with van der Waals surface area (Å²) in [5, 5.41) is 3.50. The van der Waals surface area contributed by atoms with Crippen molar-refractivity contribution >= 4 is 24.0 Å². The fourth-order valence-electron chi connectivity index (χ4n) is 2.34. The number of rotatable bonds is 9. The highest BCUT2D eigenvalue weighted by atomic mass is 35.5. The van der Waals surface area contributed by atoms with Gasteiger partial charge in [0, 0.05) is 5.56 Å². The van der Waals surface area contributed by atoms with Crippen molar-refractivity contribution in [2.45, 2.75) is 45.6 Å². The zero-order valence-electron chi connectivity index (χ0n) is 13.4. The van der Waals surface area contributed by atoms with Crippen LogP contribution in [0.3, 0.4) is 0 Å². The van der Waals surface area contributed by atoms with Crippen LogP contribution >= 0.6 is 24.0 Å². The van der Waals surface area contributed by atoms with Crippen LogP contribution in [0.25, 0.3) is 11.3 Å². The molecule has 0 saturated carbocycles. The van der Waals surface area contributed by atoms with E-state index < -0.39 is 5.82 Å². The molecule has 1 heterocycles. The highest BCUT2D eigenvalue weighted by Gasteiger charge is 2.07. The molecule has 1 aromatic carbocycles. The number of halogens is 3. The number of furan rings is 1. The molecule has 0 amide bonds. The molecule has 2 nitrogen and oxygen atoms in total. The van der Waals surface area contributed by atoms with Crippen molar-refractivity contribution < 1.29 is 8.81 Å². The maximum atomic E-state index is 13.2. The minimum atomic E-state index is -0.415. The second kappa shape index (κ2) is 10.7. The summed E-state index contributed by atoms with van der Waals surface area (Å²) in [5.41, 5.74) is 0.789. The second-order valence-corrected chi connectivity index (χ2v) is 5.89. The van der Waals surface area contributed by atoms with Crippen LogP contribution in [-0.2, 0) is 6.54 Å². The molecule has 0 spiro atoms. The first-order chi connectivity index (χ1) is 10.7. The molecular formula is C18H24Cl2FNO. The van der Waals surface area contributed by atoms with Gasteiger partial charge in [0.15, 0.2) is 0 Å². The predicted molar refractivity (Wildman–Crippen MR) is 96.8 cm³/mol. The molecule has 0 aliphatic carbocycles. The average molecular weight is 360 g/mol. The van der Waals surface area contributed by atoms with Crippen LogP contribution in [0.2, 0.25) is 5.02 Å². The standard InChI is InChI=1S/C18H23ClFNO.ClH/c1-2-3-4-5-6-11-21-13-15-8-10-18(22-15)14-7-9-17(20)16(19)12-14;/h7-10,12,21H,2-6,11,13H2,1H3;1H. The van der Waals surface area contributed by atoms with Crippen LogP contribution in [0, 0.1) is 5.82 Å². The fourth-order valence-corrected chi connectivity index (χ4v) is 2.52. The number of benzene rings is 1. The van der Waals surface area contributed by atoms with E-state index in [1.807, 2.05) is 12.1 Å². The van der Waals surface area contributed by atoms with Crippen LogP contribution in [0.5, 0.6) is 0 Å². The third-order valence-electron chi connectivity index (χ3n) is 3.62. The molecular weight excluding hydrogens is 336 g/mol. The molecule has 2 rings (SSSR count). The highest BCUT2D eigenvalue weighted by molar-refractivity contribution is 6.31. The van der Waals surface area contributed by atoms with Gasteiger partial charge in [0.2, 0.25) is 0 Å². The summed E-state index contributed by atoms with van der Waals surface area (Å²) in [4.78, 5) is 0. The lowest BCUT2D eigenvalue weighted by atomic mass is 10.1. The first kappa shape index (κ1) is 20.0. The summed E-state index contributed by atoms with van der Waals surface area (Å²) >= 11 is 5.80. The quantitative estimate of drug-likeness (QED) is 0.537. The Bertz CT molecular complexity index is 586. The lowest BCUT2D eigenvalue weighted by Crippen LogP contribution is -2.14. The number of nitrogens with one attached hydrogen (secondary N) is 1. The van der Waals surface area contributed by atoms with Gasteiger partial charge in [-0.1, -0.05) is 44.2 Å². The second-order valence-electron chi connectivity index (χ2n) is 5.49. The van der Waals surface area contributed by atoms with E-state index in [2.05, 4.69) is 12.2 Å². The smallest absolute Gasteiger partial charge is 0.141 e. The summed E-state index contributed by atoms with van der Waals surface area (Å²) in [6.07, 6.45) is 6.38. The fraction of sp³-hybridized carbons (Fsp3) is 0.444. The summed E-state index contributed by atoms with van der Waals surface area (Å²) in [7, 11) is 0. The van der Waals surface area contributed by atoms with Gasteiger partial charge in [0.05, 0.1) is 11.6 Å². The van der Waals surface area contributed by atoms with E-state index in [9.17, 15) is 4.39 Å². The van der Waals surface area contributed by atoms with Gasteiger partial charge in [0.25, 0.3) is 0 Å². The van der Waals surface area contributed by atoms with E-state index in [-0.39, 0.29) is 17.4 Å². The minimum Gasteiger partial charge on any atom is -0.460 e. The molecule has 0 aliphatic rings. The van der Waals surface area contributed by atoms with E-state index in [0.717, 1.165) is 17.9 Å². The van der Waals surface area contributed by atoms with Gasteiger partial charge < -0.3 is 9.73 Å². The summed E-state index contributed by atoms with van der Waals surface area (Å²) in [5.74, 6) is 1.17. The number of unbranched alkanes of at least 4 members (excludes halogenated alkanes) is 4.